The fourth-order valence-electron chi connectivity index (χ4n) is 14.6. The van der Waals surface area contributed by atoms with Crippen LogP contribution in [0.15, 0.2) is 248 Å². The topological polar surface area (TPSA) is 67.6 Å². The molecule has 5 heteroatoms. The monoisotopic (exact) mass is 1100 g/mol. The summed E-state index contributed by atoms with van der Waals surface area (Å²) in [6.45, 7) is 18.7. The normalized spacial score (nSPS) is 15.3. The minimum Gasteiger partial charge on any atom is -0.477 e. The Kier molecular flexibility index (Phi) is 12.2. The predicted molar refractivity (Wildman–Crippen MR) is 350 cm³/mol. The Morgan fingerprint density at radius 1 is 0.353 bits per heavy atom. The third kappa shape index (κ3) is 8.29. The van der Waals surface area contributed by atoms with Crippen LogP contribution in [0.3, 0.4) is 0 Å². The molecule has 0 atom stereocenters. The number of fused-ring (bicyclic) bond motifs is 12. The molecule has 0 saturated carbocycles. The molecule has 10 aromatic carbocycles. The number of anilines is 6. The van der Waals surface area contributed by atoms with E-state index in [9.17, 15) is 15.2 Å². The molecule has 0 heterocycles. The van der Waals surface area contributed by atoms with E-state index >= 15 is 0 Å². The number of allylic oxidation sites excluding steroid dienone is 4. The average Bonchev–Trinajstić information content (AvgIpc) is 3.78. The van der Waals surface area contributed by atoms with Gasteiger partial charge in [0.2, 0.25) is 0 Å². The first-order valence-electron chi connectivity index (χ1n) is 29.5. The molecule has 0 amide bonds. The smallest absolute Gasteiger partial charge is 0.346 e. The van der Waals surface area contributed by atoms with Crippen molar-refractivity contribution in [3.05, 3.63) is 304 Å². The SMILES string of the molecule is CC1(C)c2ccccc2-c2ccc(N(c3ccc(C(=CC=CC=C(C#N)C(=O)O)c4ccc(N(c5ccc6c(c5)C(C)(C)c5ccccc5-6)c5ccc6c(c5)C(C)(C)c5ccccc5-6)cc4)cc3)c3ccc4c(c3)C(C)(C)c3ccccc3-4)cc21. The summed E-state index contributed by atoms with van der Waals surface area (Å²) in [6.07, 6.45) is 6.80. The lowest BCUT2D eigenvalue weighted by molar-refractivity contribution is -0.132. The quantitative estimate of drug-likeness (QED) is 0.0794. The van der Waals surface area contributed by atoms with Crippen molar-refractivity contribution in [2.24, 2.45) is 0 Å². The maximum absolute atomic E-state index is 11.9. The zero-order valence-corrected chi connectivity index (χ0v) is 49.3. The van der Waals surface area contributed by atoms with E-state index in [1.54, 1.807) is 6.08 Å². The van der Waals surface area contributed by atoms with E-state index < -0.39 is 5.97 Å². The molecule has 4 aliphatic carbocycles. The first-order chi connectivity index (χ1) is 41.0. The second-order valence-electron chi connectivity index (χ2n) is 25.3. The molecule has 85 heavy (non-hydrogen) atoms. The second kappa shape index (κ2) is 19.5. The predicted octanol–water partition coefficient (Wildman–Crippen LogP) is 20.4. The van der Waals surface area contributed by atoms with Gasteiger partial charge >= 0.3 is 5.97 Å². The minimum atomic E-state index is -1.27. The highest BCUT2D eigenvalue weighted by molar-refractivity contribution is 5.93. The van der Waals surface area contributed by atoms with E-state index in [4.69, 9.17) is 0 Å². The van der Waals surface area contributed by atoms with Gasteiger partial charge in [-0.25, -0.2) is 4.79 Å². The molecule has 0 radical (unpaired) electrons. The molecule has 0 bridgehead atoms. The molecule has 0 unspecified atom stereocenters. The van der Waals surface area contributed by atoms with Gasteiger partial charge < -0.3 is 14.9 Å². The van der Waals surface area contributed by atoms with Crippen LogP contribution >= 0.6 is 0 Å². The van der Waals surface area contributed by atoms with E-state index in [0.717, 1.165) is 50.8 Å². The van der Waals surface area contributed by atoms with Gasteiger partial charge in [0.1, 0.15) is 11.6 Å². The Bertz CT molecular complexity index is 4100. The van der Waals surface area contributed by atoms with Crippen molar-refractivity contribution in [3.63, 3.8) is 0 Å². The van der Waals surface area contributed by atoms with Gasteiger partial charge in [-0.1, -0.05) is 219 Å². The molecule has 4 aliphatic rings. The number of nitrogens with zero attached hydrogens (tertiary/aromatic N) is 3. The highest BCUT2D eigenvalue weighted by atomic mass is 16.4. The first-order valence-corrected chi connectivity index (χ1v) is 29.5. The number of hydrogen-bond donors (Lipinski definition) is 1. The van der Waals surface area contributed by atoms with Crippen LogP contribution in [-0.2, 0) is 26.5 Å². The Morgan fingerprint density at radius 2 is 0.612 bits per heavy atom. The molecule has 0 aliphatic heterocycles. The van der Waals surface area contributed by atoms with Gasteiger partial charge in [0.05, 0.1) is 0 Å². The lowest BCUT2D eigenvalue weighted by Crippen LogP contribution is -2.18. The van der Waals surface area contributed by atoms with Gasteiger partial charge in [0.25, 0.3) is 0 Å². The van der Waals surface area contributed by atoms with Crippen molar-refractivity contribution in [3.8, 4) is 50.6 Å². The molecule has 0 fully saturated rings. The Labute approximate surface area is 499 Å². The van der Waals surface area contributed by atoms with Crippen LogP contribution in [0.5, 0.6) is 0 Å². The van der Waals surface area contributed by atoms with E-state index in [1.165, 1.54) is 95.1 Å². The zero-order chi connectivity index (χ0) is 58.7. The summed E-state index contributed by atoms with van der Waals surface area (Å²) < 4.78 is 0. The summed E-state index contributed by atoms with van der Waals surface area (Å²) in [6, 6.07) is 82.4. The summed E-state index contributed by atoms with van der Waals surface area (Å²) in [5.41, 5.74) is 28.9. The number of nitriles is 1. The van der Waals surface area contributed by atoms with E-state index in [1.807, 2.05) is 18.2 Å². The van der Waals surface area contributed by atoms with Crippen LogP contribution in [0.2, 0.25) is 0 Å². The molecular formula is C80H65N3O2. The zero-order valence-electron chi connectivity index (χ0n) is 49.3. The van der Waals surface area contributed by atoms with Crippen LogP contribution in [-0.4, -0.2) is 11.1 Å². The number of carboxylic acids is 1. The van der Waals surface area contributed by atoms with Crippen LogP contribution < -0.4 is 9.80 Å². The van der Waals surface area contributed by atoms with Crippen molar-refractivity contribution in [1.82, 2.24) is 0 Å². The summed E-state index contributed by atoms with van der Waals surface area (Å²) in [4.78, 5) is 16.7. The fraction of sp³-hybridized carbons (Fsp3) is 0.150. The van der Waals surface area contributed by atoms with Gasteiger partial charge in [-0.2, -0.15) is 5.26 Å². The average molecular weight is 1100 g/mol. The molecule has 5 nitrogen and oxygen atoms in total. The van der Waals surface area contributed by atoms with Crippen molar-refractivity contribution in [1.29, 1.82) is 5.26 Å². The molecule has 0 saturated heterocycles. The molecule has 10 aromatic rings. The maximum atomic E-state index is 11.9. The van der Waals surface area contributed by atoms with E-state index in [2.05, 4.69) is 284 Å². The molecule has 0 aromatic heterocycles. The summed E-state index contributed by atoms with van der Waals surface area (Å²) in [5.74, 6) is -1.27. The number of hydrogen-bond acceptors (Lipinski definition) is 4. The first kappa shape index (κ1) is 53.0. The van der Waals surface area contributed by atoms with Crippen LogP contribution in [0.1, 0.15) is 111 Å². The number of benzene rings is 10. The molecular weight excluding hydrogens is 1030 g/mol. The standard InChI is InChI=1S/C80H65N3O2/c1-77(2)68-25-15-11-21-60(68)64-41-37-55(45-72(64)77)82(56-38-42-65-61-22-12-16-26-69(61)78(3,4)73(65)46-56)53-33-29-50(30-34-53)59(20-10-9-19-52(49-81)76(84)85)51-31-35-54(36-32-51)83(57-39-43-66-62-23-13-17-27-70(62)79(5,6)74(66)47-57)58-40-44-67-63-24-14-18-28-71(63)80(7,8)75(67)48-58/h9-48H,1-8H3,(H,84,85). The highest BCUT2D eigenvalue weighted by Gasteiger charge is 2.40. The highest BCUT2D eigenvalue weighted by Crippen LogP contribution is 2.56. The molecule has 1 N–H and O–H groups in total. The largest absolute Gasteiger partial charge is 0.477 e. The third-order valence-corrected chi connectivity index (χ3v) is 19.2. The van der Waals surface area contributed by atoms with Crippen molar-refractivity contribution in [2.45, 2.75) is 77.0 Å². The number of carboxylic acid groups (broad SMARTS) is 1. The Hall–Kier alpha value is -10.0. The summed E-state index contributed by atoms with van der Waals surface area (Å²) in [7, 11) is 0. The van der Waals surface area contributed by atoms with Gasteiger partial charge in [-0.15, -0.1) is 0 Å². The Morgan fingerprint density at radius 3 is 0.894 bits per heavy atom. The number of aliphatic carboxylic acids is 1. The molecule has 412 valence electrons. The Balaban J connectivity index is 0.883. The van der Waals surface area contributed by atoms with E-state index in [0.29, 0.717) is 0 Å². The number of rotatable bonds is 11. The lowest BCUT2D eigenvalue weighted by atomic mass is 9.82. The molecule has 0 spiro atoms. The van der Waals surface area contributed by atoms with Gasteiger partial charge in [0, 0.05) is 55.8 Å². The number of carbonyl (C=O) groups is 1. The van der Waals surface area contributed by atoms with Gasteiger partial charge in [-0.3, -0.25) is 0 Å². The van der Waals surface area contributed by atoms with Gasteiger partial charge in [-0.05, 0) is 185 Å². The summed E-state index contributed by atoms with van der Waals surface area (Å²) in [5, 5.41) is 19.3. The van der Waals surface area contributed by atoms with Gasteiger partial charge in [0.15, 0.2) is 0 Å². The maximum Gasteiger partial charge on any atom is 0.346 e. The lowest BCUT2D eigenvalue weighted by Gasteiger charge is -2.30. The minimum absolute atomic E-state index is 0.193. The van der Waals surface area contributed by atoms with Crippen LogP contribution in [0.4, 0.5) is 34.1 Å². The third-order valence-electron chi connectivity index (χ3n) is 19.2. The molecule has 14 rings (SSSR count). The van der Waals surface area contributed by atoms with E-state index in [-0.39, 0.29) is 27.2 Å². The van der Waals surface area contributed by atoms with Crippen molar-refractivity contribution >= 4 is 45.7 Å². The van der Waals surface area contributed by atoms with Crippen molar-refractivity contribution < 1.29 is 9.90 Å². The summed E-state index contributed by atoms with van der Waals surface area (Å²) >= 11 is 0. The second-order valence-corrected chi connectivity index (χ2v) is 25.3. The van der Waals surface area contributed by atoms with Crippen LogP contribution in [0, 0.1) is 11.3 Å². The van der Waals surface area contributed by atoms with Crippen LogP contribution in [0.25, 0.3) is 50.1 Å². The van der Waals surface area contributed by atoms with Crippen molar-refractivity contribution in [2.75, 3.05) is 9.80 Å². The fourth-order valence-corrected chi connectivity index (χ4v) is 14.6.